The number of benzene rings is 2. The molecule has 0 aliphatic heterocycles. The average Bonchev–Trinajstić information content (AvgIpc) is 3.33. The first-order chi connectivity index (χ1) is 14.8. The van der Waals surface area contributed by atoms with Gasteiger partial charge in [-0.2, -0.15) is 9.61 Å². The van der Waals surface area contributed by atoms with E-state index in [1.165, 1.54) is 11.3 Å². The fourth-order valence-corrected chi connectivity index (χ4v) is 4.71. The summed E-state index contributed by atoms with van der Waals surface area (Å²) in [7, 11) is 0. The van der Waals surface area contributed by atoms with Crippen LogP contribution in [0.15, 0.2) is 24.3 Å². The summed E-state index contributed by atoms with van der Waals surface area (Å²) < 4.78 is 7.31. The lowest BCUT2D eigenvalue weighted by Gasteiger charge is -2.15. The van der Waals surface area contributed by atoms with Crippen molar-refractivity contribution in [1.29, 1.82) is 0 Å². The summed E-state index contributed by atoms with van der Waals surface area (Å²) in [6.45, 7) is 5.07. The van der Waals surface area contributed by atoms with E-state index in [1.807, 2.05) is 25.1 Å². The number of nitrogens with one attached hydrogen (secondary N) is 1. The van der Waals surface area contributed by atoms with Crippen molar-refractivity contribution >= 4 is 62.7 Å². The number of rotatable bonds is 5. The smallest absolute Gasteiger partial charge is 0.262 e. The summed E-state index contributed by atoms with van der Waals surface area (Å²) in [6, 6.07) is 7.36. The number of anilines is 1. The van der Waals surface area contributed by atoms with Crippen molar-refractivity contribution in [2.75, 3.05) is 11.9 Å². The minimum Gasteiger partial charge on any atom is -0.481 e. The Bertz CT molecular complexity index is 1290. The molecule has 0 saturated carbocycles. The maximum Gasteiger partial charge on any atom is 0.262 e. The van der Waals surface area contributed by atoms with Crippen molar-refractivity contribution in [3.63, 3.8) is 0 Å². The number of hydrogen-bond acceptors (Lipinski definition) is 6. The fraction of sp³-hybridized carbons (Fsp3) is 0.200. The van der Waals surface area contributed by atoms with Crippen LogP contribution in [-0.4, -0.2) is 32.3 Å². The molecular formula is C20H16Cl3N5O2S. The number of carbonyl (C=O) groups is 1. The highest BCUT2D eigenvalue weighted by molar-refractivity contribution is 7.19. The zero-order chi connectivity index (χ0) is 22.3. The molecule has 0 aliphatic carbocycles. The molecule has 0 fully saturated rings. The number of ether oxygens (including phenoxy) is 1. The number of halogens is 3. The van der Waals surface area contributed by atoms with E-state index in [2.05, 4.69) is 20.6 Å². The largest absolute Gasteiger partial charge is 0.481 e. The number of nitrogens with zero attached hydrogens (tertiary/aromatic N) is 4. The van der Waals surface area contributed by atoms with Gasteiger partial charge in [-0.1, -0.05) is 58.3 Å². The van der Waals surface area contributed by atoms with Gasteiger partial charge < -0.3 is 10.1 Å². The molecule has 4 rings (SSSR count). The Morgan fingerprint density at radius 2 is 1.74 bits per heavy atom. The molecule has 0 radical (unpaired) electrons. The van der Waals surface area contributed by atoms with Crippen LogP contribution in [0, 0.1) is 20.8 Å². The molecule has 0 atom stereocenters. The third-order valence-electron chi connectivity index (χ3n) is 4.64. The van der Waals surface area contributed by atoms with Crippen molar-refractivity contribution in [2.45, 2.75) is 20.8 Å². The van der Waals surface area contributed by atoms with Gasteiger partial charge >= 0.3 is 0 Å². The number of para-hydroxylation sites is 1. The Kier molecular flexibility index (Phi) is 6.07. The zero-order valence-corrected chi connectivity index (χ0v) is 19.7. The molecule has 0 spiro atoms. The molecule has 2 aromatic carbocycles. The second kappa shape index (κ2) is 8.63. The van der Waals surface area contributed by atoms with Crippen molar-refractivity contribution in [2.24, 2.45) is 0 Å². The molecular weight excluding hydrogens is 481 g/mol. The van der Waals surface area contributed by atoms with E-state index in [0.29, 0.717) is 37.6 Å². The highest BCUT2D eigenvalue weighted by Gasteiger charge is 2.19. The Labute approximate surface area is 196 Å². The quantitative estimate of drug-likeness (QED) is 0.380. The molecule has 0 bridgehead atoms. The minimum absolute atomic E-state index is 0.232. The zero-order valence-electron chi connectivity index (χ0n) is 16.7. The summed E-state index contributed by atoms with van der Waals surface area (Å²) in [5.74, 6) is 0.550. The molecule has 160 valence electrons. The van der Waals surface area contributed by atoms with Gasteiger partial charge in [-0.25, -0.2) is 0 Å². The van der Waals surface area contributed by atoms with Gasteiger partial charge in [-0.15, -0.1) is 10.2 Å². The third-order valence-corrected chi connectivity index (χ3v) is 7.05. The first-order valence-electron chi connectivity index (χ1n) is 9.12. The first-order valence-corrected chi connectivity index (χ1v) is 11.1. The van der Waals surface area contributed by atoms with Gasteiger partial charge in [-0.3, -0.25) is 4.79 Å². The van der Waals surface area contributed by atoms with Crippen LogP contribution in [0.25, 0.3) is 15.5 Å². The molecule has 31 heavy (non-hydrogen) atoms. The van der Waals surface area contributed by atoms with Crippen LogP contribution in [0.1, 0.15) is 17.0 Å². The van der Waals surface area contributed by atoms with Gasteiger partial charge in [0.15, 0.2) is 18.2 Å². The topological polar surface area (TPSA) is 81.4 Å². The van der Waals surface area contributed by atoms with E-state index in [0.717, 1.165) is 5.56 Å². The van der Waals surface area contributed by atoms with E-state index in [9.17, 15) is 4.79 Å². The van der Waals surface area contributed by atoms with Crippen LogP contribution >= 0.6 is 46.1 Å². The second-order valence-corrected chi connectivity index (χ2v) is 8.84. The Hall–Kier alpha value is -2.39. The highest BCUT2D eigenvalue weighted by Crippen LogP contribution is 2.42. The van der Waals surface area contributed by atoms with Gasteiger partial charge in [0, 0.05) is 10.6 Å². The molecule has 1 amide bonds. The average molecular weight is 497 g/mol. The van der Waals surface area contributed by atoms with E-state index in [4.69, 9.17) is 39.5 Å². The molecule has 11 heteroatoms. The Balaban J connectivity index is 1.54. The summed E-state index contributed by atoms with van der Waals surface area (Å²) >= 11 is 20.2. The fourth-order valence-electron chi connectivity index (χ4n) is 2.96. The van der Waals surface area contributed by atoms with Crippen molar-refractivity contribution < 1.29 is 9.53 Å². The number of hydrogen-bond donors (Lipinski definition) is 1. The number of fused-ring (bicyclic) bond motifs is 1. The third kappa shape index (κ3) is 4.08. The molecule has 0 aliphatic rings. The highest BCUT2D eigenvalue weighted by atomic mass is 35.5. The lowest BCUT2D eigenvalue weighted by Crippen LogP contribution is -2.21. The molecule has 0 unspecified atom stereocenters. The first kappa shape index (κ1) is 21.8. The van der Waals surface area contributed by atoms with E-state index in [1.54, 1.807) is 24.4 Å². The number of amides is 1. The predicted molar refractivity (Wildman–Crippen MR) is 124 cm³/mol. The van der Waals surface area contributed by atoms with Crippen LogP contribution in [0.2, 0.25) is 15.1 Å². The van der Waals surface area contributed by atoms with Crippen LogP contribution in [0.5, 0.6) is 5.75 Å². The SMILES string of the molecule is Cc1c(Cl)c(C)c(Cl)c(OCC(=O)Nc2ccccc2-c2nn3c(C)nnc3s2)c1Cl. The molecule has 2 heterocycles. The monoisotopic (exact) mass is 495 g/mol. The summed E-state index contributed by atoms with van der Waals surface area (Å²) in [5.41, 5.74) is 2.65. The van der Waals surface area contributed by atoms with Crippen LogP contribution < -0.4 is 10.1 Å². The molecule has 1 N–H and O–H groups in total. The normalized spacial score (nSPS) is 11.2. The van der Waals surface area contributed by atoms with Crippen LogP contribution in [0.3, 0.4) is 0 Å². The van der Waals surface area contributed by atoms with Gasteiger partial charge in [0.05, 0.1) is 15.7 Å². The van der Waals surface area contributed by atoms with Gasteiger partial charge in [0.2, 0.25) is 4.96 Å². The maximum atomic E-state index is 12.6. The van der Waals surface area contributed by atoms with Gasteiger partial charge in [0.25, 0.3) is 5.91 Å². The van der Waals surface area contributed by atoms with Crippen molar-refractivity contribution in [1.82, 2.24) is 19.8 Å². The maximum absolute atomic E-state index is 12.6. The van der Waals surface area contributed by atoms with E-state index >= 15 is 0 Å². The number of aromatic nitrogens is 4. The molecule has 7 nitrogen and oxygen atoms in total. The summed E-state index contributed by atoms with van der Waals surface area (Å²) in [5, 5.41) is 17.2. The number of carbonyl (C=O) groups excluding carboxylic acids is 1. The summed E-state index contributed by atoms with van der Waals surface area (Å²) in [4.78, 5) is 13.3. The minimum atomic E-state index is -0.371. The molecule has 0 saturated heterocycles. The lowest BCUT2D eigenvalue weighted by atomic mass is 10.1. The molecule has 2 aromatic heterocycles. The summed E-state index contributed by atoms with van der Waals surface area (Å²) in [6.07, 6.45) is 0. The Morgan fingerprint density at radius 3 is 2.42 bits per heavy atom. The number of aryl methyl sites for hydroxylation is 1. The van der Waals surface area contributed by atoms with E-state index in [-0.39, 0.29) is 28.3 Å². The standard InChI is InChI=1S/C20H16Cl3N5O2S/c1-9-15(21)10(2)17(23)18(16(9)22)30-8-14(29)24-13-7-5-4-6-12(13)19-27-28-11(3)25-26-20(28)31-19/h4-7H,8H2,1-3H3,(H,24,29). The lowest BCUT2D eigenvalue weighted by molar-refractivity contribution is -0.118. The Morgan fingerprint density at radius 1 is 1.06 bits per heavy atom. The van der Waals surface area contributed by atoms with Crippen LogP contribution in [-0.2, 0) is 4.79 Å². The van der Waals surface area contributed by atoms with Gasteiger partial charge in [0.1, 0.15) is 5.01 Å². The van der Waals surface area contributed by atoms with Crippen molar-refractivity contribution in [3.05, 3.63) is 56.3 Å². The van der Waals surface area contributed by atoms with Crippen molar-refractivity contribution in [3.8, 4) is 16.3 Å². The molecule has 4 aromatic rings. The van der Waals surface area contributed by atoms with Crippen LogP contribution in [0.4, 0.5) is 5.69 Å². The second-order valence-electron chi connectivity index (χ2n) is 6.75. The van der Waals surface area contributed by atoms with E-state index < -0.39 is 0 Å². The predicted octanol–water partition coefficient (Wildman–Crippen LogP) is 5.76. The van der Waals surface area contributed by atoms with Gasteiger partial charge in [-0.05, 0) is 44.0 Å².